The molecule has 0 aliphatic heterocycles. The highest BCUT2D eigenvalue weighted by Gasteiger charge is 2.31. The second kappa shape index (κ2) is 5.74. The molecule has 2 heterocycles. The SMILES string of the molecule is O=C(OOC(=O)c1occc1[N+](=O)[O-])c1occc1[N+](=O)[O-]. The summed E-state index contributed by atoms with van der Waals surface area (Å²) in [4.78, 5) is 50.3. The van der Waals surface area contributed by atoms with Crippen molar-refractivity contribution in [3.8, 4) is 0 Å². The number of furan rings is 2. The van der Waals surface area contributed by atoms with Crippen LogP contribution in [0, 0.1) is 20.2 Å². The Morgan fingerprint density at radius 1 is 0.864 bits per heavy atom. The first kappa shape index (κ1) is 14.7. The van der Waals surface area contributed by atoms with Crippen LogP contribution in [0.15, 0.2) is 33.5 Å². The lowest BCUT2D eigenvalue weighted by Gasteiger charge is -1.99. The largest absolute Gasteiger partial charge is 0.451 e. The molecule has 0 saturated heterocycles. The number of carbonyl (C=O) groups excluding carboxylic acids is 2. The first-order valence-electron chi connectivity index (χ1n) is 5.28. The second-order valence-electron chi connectivity index (χ2n) is 3.53. The van der Waals surface area contributed by atoms with Crippen LogP contribution in [0.25, 0.3) is 0 Å². The Kier molecular flexibility index (Phi) is 3.84. The summed E-state index contributed by atoms with van der Waals surface area (Å²) in [7, 11) is 0. The molecule has 0 atom stereocenters. The number of carbonyl (C=O) groups is 2. The van der Waals surface area contributed by atoms with E-state index >= 15 is 0 Å². The molecule has 0 bridgehead atoms. The summed E-state index contributed by atoms with van der Waals surface area (Å²) in [6.07, 6.45) is 1.71. The van der Waals surface area contributed by atoms with E-state index in [-0.39, 0.29) is 0 Å². The van der Waals surface area contributed by atoms with Gasteiger partial charge in [-0.15, -0.1) is 0 Å². The van der Waals surface area contributed by atoms with Crippen molar-refractivity contribution in [3.05, 3.63) is 56.4 Å². The molecule has 0 unspecified atom stereocenters. The average molecular weight is 312 g/mol. The van der Waals surface area contributed by atoms with Gasteiger partial charge in [-0.3, -0.25) is 20.2 Å². The fraction of sp³-hybridized carbons (Fsp3) is 0. The molecule has 0 aromatic carbocycles. The van der Waals surface area contributed by atoms with Crippen LogP contribution >= 0.6 is 0 Å². The standard InChI is InChI=1S/C10H4N2O10/c13-9(7-5(11(15)16)1-3-19-7)21-22-10(14)8-6(12(17)18)2-4-20-8/h1-4H. The van der Waals surface area contributed by atoms with E-state index in [2.05, 4.69) is 18.6 Å². The number of nitro groups is 2. The van der Waals surface area contributed by atoms with Gasteiger partial charge in [-0.2, -0.15) is 0 Å². The monoisotopic (exact) mass is 312 g/mol. The summed E-state index contributed by atoms with van der Waals surface area (Å²) in [5, 5.41) is 21.1. The zero-order valence-corrected chi connectivity index (χ0v) is 10.3. The fourth-order valence-electron chi connectivity index (χ4n) is 1.35. The lowest BCUT2D eigenvalue weighted by Crippen LogP contribution is -2.12. The van der Waals surface area contributed by atoms with E-state index < -0.39 is 44.7 Å². The van der Waals surface area contributed by atoms with Crippen LogP contribution in [0.4, 0.5) is 11.4 Å². The van der Waals surface area contributed by atoms with Gasteiger partial charge in [-0.1, -0.05) is 0 Å². The summed E-state index contributed by atoms with van der Waals surface area (Å²) in [6, 6.07) is 1.77. The van der Waals surface area contributed by atoms with Gasteiger partial charge in [-0.05, 0) is 0 Å². The van der Waals surface area contributed by atoms with Crippen LogP contribution in [0.5, 0.6) is 0 Å². The van der Waals surface area contributed by atoms with Gasteiger partial charge in [0.15, 0.2) is 0 Å². The van der Waals surface area contributed by atoms with Gasteiger partial charge >= 0.3 is 23.3 Å². The first-order valence-corrected chi connectivity index (χ1v) is 5.28. The summed E-state index contributed by atoms with van der Waals surface area (Å²) in [5.74, 6) is -4.57. The van der Waals surface area contributed by atoms with Crippen LogP contribution in [0.3, 0.4) is 0 Å². The Labute approximate surface area is 119 Å². The van der Waals surface area contributed by atoms with Gasteiger partial charge < -0.3 is 8.83 Å². The van der Waals surface area contributed by atoms with Gasteiger partial charge in [-0.25, -0.2) is 19.4 Å². The Hall–Kier alpha value is -3.70. The maximum Gasteiger partial charge on any atom is 0.428 e. The van der Waals surface area contributed by atoms with E-state index in [1.165, 1.54) is 0 Å². The molecule has 0 amide bonds. The third kappa shape index (κ3) is 2.74. The molecule has 12 nitrogen and oxygen atoms in total. The van der Waals surface area contributed by atoms with Crippen LogP contribution in [-0.4, -0.2) is 21.8 Å². The van der Waals surface area contributed by atoms with Crippen molar-refractivity contribution in [1.29, 1.82) is 0 Å². The van der Waals surface area contributed by atoms with Crippen LogP contribution in [0.1, 0.15) is 21.1 Å². The van der Waals surface area contributed by atoms with Gasteiger partial charge in [0.2, 0.25) is 0 Å². The van der Waals surface area contributed by atoms with Crippen molar-refractivity contribution >= 4 is 23.3 Å². The van der Waals surface area contributed by atoms with Crippen molar-refractivity contribution in [3.63, 3.8) is 0 Å². The summed E-state index contributed by atoms with van der Waals surface area (Å²) in [5.41, 5.74) is -1.41. The van der Waals surface area contributed by atoms with Gasteiger partial charge in [0.25, 0.3) is 11.5 Å². The quantitative estimate of drug-likeness (QED) is 0.459. The minimum atomic E-state index is -1.47. The maximum atomic E-state index is 11.5. The normalized spacial score (nSPS) is 10.0. The number of hydrogen-bond acceptors (Lipinski definition) is 10. The molecule has 22 heavy (non-hydrogen) atoms. The zero-order chi connectivity index (χ0) is 16.3. The topological polar surface area (TPSA) is 165 Å². The number of hydrogen-bond donors (Lipinski definition) is 0. The Morgan fingerprint density at radius 2 is 1.23 bits per heavy atom. The first-order chi connectivity index (χ1) is 10.4. The Bertz CT molecular complexity index is 693. The molecular weight excluding hydrogens is 308 g/mol. The van der Waals surface area contributed by atoms with Crippen molar-refractivity contribution in [2.24, 2.45) is 0 Å². The smallest absolute Gasteiger partial charge is 0.428 e. The predicted molar refractivity (Wildman–Crippen MR) is 61.6 cm³/mol. The van der Waals surface area contributed by atoms with Crippen molar-refractivity contribution in [2.75, 3.05) is 0 Å². The van der Waals surface area contributed by atoms with Gasteiger partial charge in [0.1, 0.15) is 0 Å². The predicted octanol–water partition coefficient (Wildman–Crippen LogP) is 1.62. The van der Waals surface area contributed by atoms with E-state index in [4.69, 9.17) is 0 Å². The van der Waals surface area contributed by atoms with E-state index in [0.717, 1.165) is 24.7 Å². The lowest BCUT2D eigenvalue weighted by molar-refractivity contribution is -0.386. The molecular formula is C10H4N2O10. The molecule has 2 aromatic heterocycles. The van der Waals surface area contributed by atoms with Crippen LogP contribution in [0.2, 0.25) is 0 Å². The number of rotatable bonds is 4. The minimum absolute atomic E-state index is 0.704. The van der Waals surface area contributed by atoms with Gasteiger partial charge in [0, 0.05) is 0 Å². The molecule has 0 aliphatic carbocycles. The molecule has 12 heteroatoms. The molecule has 0 saturated carbocycles. The molecule has 0 fully saturated rings. The molecule has 0 spiro atoms. The summed E-state index contributed by atoms with van der Waals surface area (Å²) in [6.45, 7) is 0. The molecule has 0 aliphatic rings. The van der Waals surface area contributed by atoms with Crippen LogP contribution < -0.4 is 0 Å². The Morgan fingerprint density at radius 3 is 1.55 bits per heavy atom. The zero-order valence-electron chi connectivity index (χ0n) is 10.3. The maximum absolute atomic E-state index is 11.5. The third-order valence-electron chi connectivity index (χ3n) is 2.25. The fourth-order valence-corrected chi connectivity index (χ4v) is 1.35. The molecule has 0 N–H and O–H groups in total. The molecule has 0 radical (unpaired) electrons. The second-order valence-corrected chi connectivity index (χ2v) is 3.53. The summed E-state index contributed by atoms with van der Waals surface area (Å²) >= 11 is 0. The van der Waals surface area contributed by atoms with Crippen molar-refractivity contribution in [1.82, 2.24) is 0 Å². The van der Waals surface area contributed by atoms with Crippen molar-refractivity contribution < 1.29 is 38.0 Å². The number of nitrogens with zero attached hydrogens (tertiary/aromatic N) is 2. The molecule has 2 aromatic rings. The lowest BCUT2D eigenvalue weighted by atomic mass is 10.4. The van der Waals surface area contributed by atoms with Crippen LogP contribution in [-0.2, 0) is 9.78 Å². The Balaban J connectivity index is 2.06. The van der Waals surface area contributed by atoms with E-state index in [1.807, 2.05) is 0 Å². The average Bonchev–Trinajstić information content (AvgIpc) is 3.12. The van der Waals surface area contributed by atoms with Crippen molar-refractivity contribution in [2.45, 2.75) is 0 Å². The minimum Gasteiger partial charge on any atom is -0.451 e. The van der Waals surface area contributed by atoms with E-state index in [9.17, 15) is 29.8 Å². The van der Waals surface area contributed by atoms with E-state index in [1.54, 1.807) is 0 Å². The third-order valence-corrected chi connectivity index (χ3v) is 2.25. The summed E-state index contributed by atoms with van der Waals surface area (Å²) < 4.78 is 9.07. The van der Waals surface area contributed by atoms with Gasteiger partial charge in [0.05, 0.1) is 34.5 Å². The van der Waals surface area contributed by atoms with E-state index in [0.29, 0.717) is 0 Å². The highest BCUT2D eigenvalue weighted by Crippen LogP contribution is 2.22. The molecule has 114 valence electrons. The highest BCUT2D eigenvalue weighted by molar-refractivity contribution is 5.93. The highest BCUT2D eigenvalue weighted by atomic mass is 17.2. The molecule has 2 rings (SSSR count).